The highest BCUT2D eigenvalue weighted by Gasteiger charge is 2.01. The first-order valence-corrected chi connectivity index (χ1v) is 4.73. The molecular weight excluding hydrogens is 174 g/mol. The minimum absolute atomic E-state index is 0.0766. The van der Waals surface area contributed by atoms with E-state index in [1.807, 2.05) is 18.2 Å². The zero-order valence-electron chi connectivity index (χ0n) is 8.15. The lowest BCUT2D eigenvalue weighted by atomic mass is 10.1. The summed E-state index contributed by atoms with van der Waals surface area (Å²) >= 11 is 0. The molecule has 14 heavy (non-hydrogen) atoms. The van der Waals surface area contributed by atoms with Gasteiger partial charge in [0.25, 0.3) is 0 Å². The van der Waals surface area contributed by atoms with Crippen molar-refractivity contribution in [1.29, 1.82) is 0 Å². The number of hydrogen-bond acceptors (Lipinski definition) is 1. The Kier molecular flexibility index (Phi) is 4.48. The molecule has 1 aromatic rings. The molecule has 2 heteroatoms. The Bertz CT molecular complexity index is 282. The summed E-state index contributed by atoms with van der Waals surface area (Å²) < 4.78 is 0. The van der Waals surface area contributed by atoms with Gasteiger partial charge in [-0.3, -0.25) is 4.79 Å². The van der Waals surface area contributed by atoms with Gasteiger partial charge in [-0.1, -0.05) is 36.4 Å². The third-order valence-electron chi connectivity index (χ3n) is 2.15. The maximum atomic E-state index is 10.2. The molecule has 74 valence electrons. The van der Waals surface area contributed by atoms with E-state index in [2.05, 4.69) is 24.0 Å². The summed E-state index contributed by atoms with van der Waals surface area (Å²) in [6.45, 7) is 3.67. The molecule has 0 aromatic heterocycles. The first-order valence-electron chi connectivity index (χ1n) is 4.73. The van der Waals surface area contributed by atoms with Crippen molar-refractivity contribution in [3.63, 3.8) is 0 Å². The van der Waals surface area contributed by atoms with Crippen LogP contribution in [0.2, 0.25) is 0 Å². The SMILES string of the molecule is C=C[C@H](CCc1ccccc1)NC=O. The van der Waals surface area contributed by atoms with Crippen LogP contribution < -0.4 is 5.32 Å². The van der Waals surface area contributed by atoms with E-state index in [0.29, 0.717) is 0 Å². The Morgan fingerprint density at radius 3 is 2.64 bits per heavy atom. The van der Waals surface area contributed by atoms with Crippen LogP contribution in [0.3, 0.4) is 0 Å². The van der Waals surface area contributed by atoms with E-state index >= 15 is 0 Å². The average molecular weight is 189 g/mol. The van der Waals surface area contributed by atoms with Crippen LogP contribution in [0, 0.1) is 0 Å². The molecule has 0 aliphatic carbocycles. The molecule has 0 saturated heterocycles. The van der Waals surface area contributed by atoms with Gasteiger partial charge in [0.2, 0.25) is 6.41 Å². The fraction of sp³-hybridized carbons (Fsp3) is 0.250. The normalized spacial score (nSPS) is 11.7. The Hall–Kier alpha value is -1.57. The molecule has 0 spiro atoms. The van der Waals surface area contributed by atoms with E-state index in [1.54, 1.807) is 6.08 Å². The molecule has 1 amide bonds. The van der Waals surface area contributed by atoms with Gasteiger partial charge in [-0.25, -0.2) is 0 Å². The summed E-state index contributed by atoms with van der Waals surface area (Å²) in [4.78, 5) is 10.2. The second-order valence-electron chi connectivity index (χ2n) is 3.15. The van der Waals surface area contributed by atoms with Crippen molar-refractivity contribution in [3.8, 4) is 0 Å². The molecule has 0 aliphatic heterocycles. The van der Waals surface area contributed by atoms with Crippen molar-refractivity contribution in [2.45, 2.75) is 18.9 Å². The zero-order valence-corrected chi connectivity index (χ0v) is 8.15. The smallest absolute Gasteiger partial charge is 0.207 e. The average Bonchev–Trinajstić information content (AvgIpc) is 2.25. The van der Waals surface area contributed by atoms with Crippen LogP contribution >= 0.6 is 0 Å². The monoisotopic (exact) mass is 189 g/mol. The summed E-state index contributed by atoms with van der Waals surface area (Å²) in [7, 11) is 0. The van der Waals surface area contributed by atoms with Crippen LogP contribution in [-0.4, -0.2) is 12.5 Å². The lowest BCUT2D eigenvalue weighted by Gasteiger charge is -2.10. The van der Waals surface area contributed by atoms with E-state index in [4.69, 9.17) is 0 Å². The molecule has 1 aromatic carbocycles. The van der Waals surface area contributed by atoms with Gasteiger partial charge in [-0.15, -0.1) is 6.58 Å². The van der Waals surface area contributed by atoms with Gasteiger partial charge in [0, 0.05) is 6.04 Å². The largest absolute Gasteiger partial charge is 0.352 e. The number of benzene rings is 1. The van der Waals surface area contributed by atoms with E-state index in [1.165, 1.54) is 5.56 Å². The molecule has 2 nitrogen and oxygen atoms in total. The van der Waals surface area contributed by atoms with E-state index in [9.17, 15) is 4.79 Å². The molecule has 0 unspecified atom stereocenters. The predicted molar refractivity (Wildman–Crippen MR) is 57.9 cm³/mol. The van der Waals surface area contributed by atoms with Crippen LogP contribution in [0.15, 0.2) is 43.0 Å². The maximum Gasteiger partial charge on any atom is 0.207 e. The first-order chi connectivity index (χ1) is 6.86. The number of carbonyl (C=O) groups excluding carboxylic acids is 1. The Morgan fingerprint density at radius 1 is 1.36 bits per heavy atom. The van der Waals surface area contributed by atoms with Gasteiger partial charge < -0.3 is 5.32 Å². The summed E-state index contributed by atoms with van der Waals surface area (Å²) in [5.41, 5.74) is 1.28. The summed E-state index contributed by atoms with van der Waals surface area (Å²) in [5.74, 6) is 0. The molecule has 0 bridgehead atoms. The third kappa shape index (κ3) is 3.44. The van der Waals surface area contributed by atoms with Crippen LogP contribution in [0.1, 0.15) is 12.0 Å². The van der Waals surface area contributed by atoms with Crippen molar-refractivity contribution < 1.29 is 4.79 Å². The van der Waals surface area contributed by atoms with Gasteiger partial charge in [0.1, 0.15) is 0 Å². The van der Waals surface area contributed by atoms with Crippen molar-refractivity contribution in [2.75, 3.05) is 0 Å². The minimum atomic E-state index is 0.0766. The van der Waals surface area contributed by atoms with Gasteiger partial charge in [0.05, 0.1) is 0 Å². The molecule has 0 fully saturated rings. The molecule has 0 saturated carbocycles. The third-order valence-corrected chi connectivity index (χ3v) is 2.15. The zero-order chi connectivity index (χ0) is 10.2. The van der Waals surface area contributed by atoms with Crippen molar-refractivity contribution in [1.82, 2.24) is 5.32 Å². The van der Waals surface area contributed by atoms with Crippen LogP contribution in [-0.2, 0) is 11.2 Å². The van der Waals surface area contributed by atoms with Crippen LogP contribution in [0.25, 0.3) is 0 Å². The number of aryl methyl sites for hydroxylation is 1. The number of amides is 1. The lowest BCUT2D eigenvalue weighted by molar-refractivity contribution is -0.109. The highest BCUT2D eigenvalue weighted by atomic mass is 16.1. The number of nitrogens with one attached hydrogen (secondary N) is 1. The number of hydrogen-bond donors (Lipinski definition) is 1. The summed E-state index contributed by atoms with van der Waals surface area (Å²) in [6.07, 6.45) is 4.33. The van der Waals surface area contributed by atoms with E-state index < -0.39 is 0 Å². The van der Waals surface area contributed by atoms with Crippen molar-refractivity contribution in [2.24, 2.45) is 0 Å². The van der Waals surface area contributed by atoms with Gasteiger partial charge >= 0.3 is 0 Å². The van der Waals surface area contributed by atoms with E-state index in [0.717, 1.165) is 19.3 Å². The second-order valence-corrected chi connectivity index (χ2v) is 3.15. The second kappa shape index (κ2) is 5.97. The Balaban J connectivity index is 2.39. The van der Waals surface area contributed by atoms with Gasteiger partial charge in [0.15, 0.2) is 0 Å². The molecule has 1 atom stereocenters. The fourth-order valence-corrected chi connectivity index (χ4v) is 1.32. The predicted octanol–water partition coefficient (Wildman–Crippen LogP) is 1.92. The molecule has 0 heterocycles. The summed E-state index contributed by atoms with van der Waals surface area (Å²) in [5, 5.41) is 2.70. The maximum absolute atomic E-state index is 10.2. The van der Waals surface area contributed by atoms with Crippen LogP contribution in [0.4, 0.5) is 0 Å². The number of rotatable bonds is 6. The van der Waals surface area contributed by atoms with Gasteiger partial charge in [-0.05, 0) is 18.4 Å². The van der Waals surface area contributed by atoms with E-state index in [-0.39, 0.29) is 6.04 Å². The minimum Gasteiger partial charge on any atom is -0.352 e. The molecule has 1 rings (SSSR count). The van der Waals surface area contributed by atoms with Gasteiger partial charge in [-0.2, -0.15) is 0 Å². The Labute approximate surface area is 84.6 Å². The highest BCUT2D eigenvalue weighted by molar-refractivity contribution is 5.47. The molecule has 0 radical (unpaired) electrons. The topological polar surface area (TPSA) is 29.1 Å². The first kappa shape index (κ1) is 10.5. The quantitative estimate of drug-likeness (QED) is 0.537. The molecular formula is C12H15NO. The van der Waals surface area contributed by atoms with Crippen molar-refractivity contribution in [3.05, 3.63) is 48.6 Å². The lowest BCUT2D eigenvalue weighted by Crippen LogP contribution is -2.25. The number of carbonyl (C=O) groups is 1. The fourth-order valence-electron chi connectivity index (χ4n) is 1.32. The van der Waals surface area contributed by atoms with Crippen molar-refractivity contribution >= 4 is 6.41 Å². The molecule has 0 aliphatic rings. The van der Waals surface area contributed by atoms with Crippen LogP contribution in [0.5, 0.6) is 0 Å². The standard InChI is InChI=1S/C12H15NO/c1-2-12(13-10-14)9-8-11-6-4-3-5-7-11/h2-7,10,12H,1,8-9H2,(H,13,14)/t12-/m1/s1. The Morgan fingerprint density at radius 2 is 2.07 bits per heavy atom. The summed E-state index contributed by atoms with van der Waals surface area (Å²) in [6, 6.07) is 10.3. The highest BCUT2D eigenvalue weighted by Crippen LogP contribution is 2.04. The molecule has 1 N–H and O–H groups in total.